The highest BCUT2D eigenvalue weighted by Gasteiger charge is 2.48. The van der Waals surface area contributed by atoms with Crippen LogP contribution in [-0.4, -0.2) is 89.2 Å². The second-order valence-corrected chi connectivity index (χ2v) is 11.9. The topological polar surface area (TPSA) is 164 Å². The molecule has 1 aliphatic carbocycles. The SMILES string of the molecule is CN[C@H](C)C(=O)NCc1nc2cc3c(c(F)c2o1)CC(CN1CCC2(CC1)CN(c1cnc4c(n1)NC(=O)CO4)C(=O)O2)C3. The van der Waals surface area contributed by atoms with Crippen molar-refractivity contribution in [2.45, 2.75) is 50.8 Å². The van der Waals surface area contributed by atoms with Crippen molar-refractivity contribution in [2.75, 3.05) is 50.1 Å². The molecule has 2 saturated heterocycles. The highest BCUT2D eigenvalue weighted by molar-refractivity contribution is 5.95. The van der Waals surface area contributed by atoms with Gasteiger partial charge in [-0.3, -0.25) is 14.5 Å². The molecular formula is C29H33FN8O6. The second-order valence-electron chi connectivity index (χ2n) is 11.9. The highest BCUT2D eigenvalue weighted by atomic mass is 19.1. The van der Waals surface area contributed by atoms with E-state index in [-0.39, 0.29) is 65.9 Å². The Morgan fingerprint density at radius 2 is 2.07 bits per heavy atom. The van der Waals surface area contributed by atoms with E-state index in [9.17, 15) is 14.4 Å². The molecule has 5 heterocycles. The summed E-state index contributed by atoms with van der Waals surface area (Å²) in [7, 11) is 1.70. The van der Waals surface area contributed by atoms with Crippen molar-refractivity contribution in [3.8, 4) is 5.88 Å². The van der Waals surface area contributed by atoms with Crippen molar-refractivity contribution in [1.82, 2.24) is 30.5 Å². The summed E-state index contributed by atoms with van der Waals surface area (Å²) >= 11 is 0. The molecular weight excluding hydrogens is 575 g/mol. The van der Waals surface area contributed by atoms with Crippen LogP contribution in [-0.2, 0) is 33.7 Å². The molecule has 232 valence electrons. The molecule has 1 spiro atoms. The van der Waals surface area contributed by atoms with Crippen molar-refractivity contribution < 1.29 is 32.7 Å². The molecule has 15 heteroatoms. The number of aromatic nitrogens is 3. The molecule has 4 aliphatic rings. The predicted molar refractivity (Wildman–Crippen MR) is 154 cm³/mol. The first-order valence-electron chi connectivity index (χ1n) is 14.8. The maximum atomic E-state index is 15.5. The Morgan fingerprint density at radius 1 is 1.25 bits per heavy atom. The van der Waals surface area contributed by atoms with Gasteiger partial charge in [-0.05, 0) is 49.9 Å². The van der Waals surface area contributed by atoms with Gasteiger partial charge in [0.2, 0.25) is 11.8 Å². The molecule has 3 aliphatic heterocycles. The number of benzene rings is 1. The van der Waals surface area contributed by atoms with Crippen LogP contribution in [0.5, 0.6) is 5.88 Å². The number of ether oxygens (including phenoxy) is 2. The third-order valence-electron chi connectivity index (χ3n) is 8.96. The third-order valence-corrected chi connectivity index (χ3v) is 8.96. The normalized spacial score (nSPS) is 21.5. The number of carbonyl (C=O) groups is 3. The molecule has 2 atom stereocenters. The van der Waals surface area contributed by atoms with E-state index in [2.05, 4.69) is 35.8 Å². The van der Waals surface area contributed by atoms with Crippen molar-refractivity contribution in [3.05, 3.63) is 35.1 Å². The fraction of sp³-hybridized carbons (Fsp3) is 0.517. The lowest BCUT2D eigenvalue weighted by Gasteiger charge is -2.38. The minimum atomic E-state index is -0.631. The molecule has 0 saturated carbocycles. The number of piperidine rings is 1. The minimum absolute atomic E-state index is 0.0870. The zero-order valence-electron chi connectivity index (χ0n) is 24.4. The standard InChI is InChI=1S/C29H33FN8O6/c1-15(31-2)26(40)32-11-22-34-19-9-17-7-16(8-18(17)23(30)24(19)43-22)12-37-5-3-29(4-6-37)14-38(28(41)44-29)20-10-33-27-25(35-20)36-21(39)13-42-27/h9-10,15-16,31H,3-8,11-14H2,1-2H3,(H,32,40)(H,35,36,39)/t15-,16?/m1/s1. The first kappa shape index (κ1) is 28.4. The largest absolute Gasteiger partial charge is 0.465 e. The Bertz CT molecular complexity index is 1650. The van der Waals surface area contributed by atoms with Crippen LogP contribution in [0.3, 0.4) is 0 Å². The summed E-state index contributed by atoms with van der Waals surface area (Å²) < 4.78 is 32.3. The van der Waals surface area contributed by atoms with Crippen LogP contribution in [0.25, 0.3) is 11.1 Å². The number of carbonyl (C=O) groups excluding carboxylic acids is 3. The van der Waals surface area contributed by atoms with E-state index < -0.39 is 11.7 Å². The lowest BCUT2D eigenvalue weighted by molar-refractivity contribution is -0.123. The Balaban J connectivity index is 0.949. The molecule has 0 radical (unpaired) electrons. The number of hydrogen-bond acceptors (Lipinski definition) is 11. The third kappa shape index (κ3) is 5.19. The Morgan fingerprint density at radius 3 is 2.86 bits per heavy atom. The number of halogens is 1. The molecule has 0 bridgehead atoms. The number of hydrogen-bond donors (Lipinski definition) is 3. The van der Waals surface area contributed by atoms with E-state index in [0.29, 0.717) is 42.7 Å². The molecule has 1 unspecified atom stereocenters. The van der Waals surface area contributed by atoms with Crippen molar-refractivity contribution in [2.24, 2.45) is 5.92 Å². The Kier molecular flexibility index (Phi) is 7.08. The van der Waals surface area contributed by atoms with E-state index in [0.717, 1.165) is 31.6 Å². The number of likely N-dealkylation sites (N-methyl/N-ethyl adjacent to an activating group) is 1. The van der Waals surface area contributed by atoms with Gasteiger partial charge in [-0.15, -0.1) is 0 Å². The van der Waals surface area contributed by atoms with Crippen LogP contribution in [0.1, 0.15) is 36.8 Å². The number of likely N-dealkylation sites (tertiary alicyclic amines) is 1. The van der Waals surface area contributed by atoms with Crippen LogP contribution < -0.4 is 25.6 Å². The number of oxazole rings is 1. The minimum Gasteiger partial charge on any atom is -0.465 e. The first-order chi connectivity index (χ1) is 21.2. The van der Waals surface area contributed by atoms with E-state index in [1.807, 2.05) is 6.07 Å². The number of rotatable bonds is 7. The van der Waals surface area contributed by atoms with Gasteiger partial charge >= 0.3 is 6.09 Å². The Hall–Kier alpha value is -4.37. The van der Waals surface area contributed by atoms with Crippen LogP contribution in [0.15, 0.2) is 16.7 Å². The van der Waals surface area contributed by atoms with Gasteiger partial charge in [0.15, 0.2) is 29.6 Å². The number of anilines is 2. The molecule has 2 aromatic heterocycles. The van der Waals surface area contributed by atoms with Crippen molar-refractivity contribution in [3.63, 3.8) is 0 Å². The van der Waals surface area contributed by atoms with E-state index >= 15 is 4.39 Å². The van der Waals surface area contributed by atoms with Gasteiger partial charge < -0.3 is 34.7 Å². The van der Waals surface area contributed by atoms with E-state index in [1.54, 1.807) is 14.0 Å². The maximum Gasteiger partial charge on any atom is 0.416 e. The lowest BCUT2D eigenvalue weighted by atomic mass is 9.90. The maximum absolute atomic E-state index is 15.5. The molecule has 1 aromatic carbocycles. The summed E-state index contributed by atoms with van der Waals surface area (Å²) in [6.45, 7) is 4.32. The molecule has 7 rings (SSSR count). The zero-order valence-corrected chi connectivity index (χ0v) is 24.4. The van der Waals surface area contributed by atoms with Crippen LogP contribution in [0.4, 0.5) is 20.8 Å². The second kappa shape index (κ2) is 11.0. The Labute approximate surface area is 251 Å². The molecule has 14 nitrogen and oxygen atoms in total. The molecule has 2 fully saturated rings. The summed E-state index contributed by atoms with van der Waals surface area (Å²) in [5.74, 6) is 0.309. The predicted octanol–water partition coefficient (Wildman–Crippen LogP) is 1.52. The average Bonchev–Trinajstić information content (AvgIpc) is 3.71. The quantitative estimate of drug-likeness (QED) is 0.356. The number of nitrogens with one attached hydrogen (secondary N) is 3. The molecule has 3 amide bonds. The van der Waals surface area contributed by atoms with Gasteiger partial charge in [0.05, 0.1) is 25.3 Å². The van der Waals surface area contributed by atoms with Crippen LogP contribution in [0.2, 0.25) is 0 Å². The summed E-state index contributed by atoms with van der Waals surface area (Å²) in [6.07, 6.45) is 3.61. The van der Waals surface area contributed by atoms with Crippen molar-refractivity contribution >= 4 is 40.6 Å². The monoisotopic (exact) mass is 608 g/mol. The summed E-state index contributed by atoms with van der Waals surface area (Å²) in [5, 5.41) is 8.22. The number of nitrogens with zero attached hydrogens (tertiary/aromatic N) is 5. The van der Waals surface area contributed by atoms with Crippen LogP contribution in [0, 0.1) is 11.7 Å². The van der Waals surface area contributed by atoms with Gasteiger partial charge in [-0.2, -0.15) is 0 Å². The summed E-state index contributed by atoms with van der Waals surface area (Å²) in [6, 6.07) is 1.54. The van der Waals surface area contributed by atoms with Gasteiger partial charge in [-0.1, -0.05) is 0 Å². The average molecular weight is 609 g/mol. The van der Waals surface area contributed by atoms with E-state index in [1.165, 1.54) is 11.1 Å². The highest BCUT2D eigenvalue weighted by Crippen LogP contribution is 2.38. The molecule has 44 heavy (non-hydrogen) atoms. The fourth-order valence-corrected chi connectivity index (χ4v) is 6.45. The van der Waals surface area contributed by atoms with Crippen molar-refractivity contribution in [1.29, 1.82) is 0 Å². The number of fused-ring (bicyclic) bond motifs is 3. The van der Waals surface area contributed by atoms with Gasteiger partial charge in [0.25, 0.3) is 11.8 Å². The van der Waals surface area contributed by atoms with E-state index in [4.69, 9.17) is 13.9 Å². The van der Waals surface area contributed by atoms with Gasteiger partial charge in [-0.25, -0.2) is 24.1 Å². The molecule has 3 N–H and O–H groups in total. The van der Waals surface area contributed by atoms with Gasteiger partial charge in [0, 0.05) is 32.5 Å². The lowest BCUT2D eigenvalue weighted by Crippen LogP contribution is -2.48. The zero-order chi connectivity index (χ0) is 30.6. The van der Waals surface area contributed by atoms with Crippen LogP contribution >= 0.6 is 0 Å². The van der Waals surface area contributed by atoms with Gasteiger partial charge in [0.1, 0.15) is 11.1 Å². The first-order valence-corrected chi connectivity index (χ1v) is 14.8. The summed E-state index contributed by atoms with van der Waals surface area (Å²) in [4.78, 5) is 53.3. The smallest absolute Gasteiger partial charge is 0.416 e. The fourth-order valence-electron chi connectivity index (χ4n) is 6.45. The summed E-state index contributed by atoms with van der Waals surface area (Å²) in [5.41, 5.74) is 1.56. The molecule has 3 aromatic rings. The number of amides is 3.